The molecule has 2 nitrogen and oxygen atoms in total. The van der Waals surface area contributed by atoms with Crippen LogP contribution in [0.4, 0.5) is 0 Å². The minimum absolute atomic E-state index is 0.168. The molecule has 8 aromatic carbocycles. The lowest BCUT2D eigenvalue weighted by atomic mass is 9.86. The molecule has 2 aromatic heterocycles. The lowest BCUT2D eigenvalue weighted by molar-refractivity contribution is 0.631. The standard InChI is InChI=1S/C46H28O2/c1-3-13-29(14-4-1)41-34-18-7-9-20-36(34)42(37-21-10-8-19-35(37)41)31-23-25-32(26-24-31)45-43(30-15-5-2-6-16-30)44-40(48-45)28-27-38-33-17-11-12-22-39(33)47-46(38)44/h1-28H/i7D,8D,9D,10D,18D,19D,20D,21D. The Labute approximate surface area is 288 Å². The predicted molar refractivity (Wildman–Crippen MR) is 200 cm³/mol. The van der Waals surface area contributed by atoms with Crippen LogP contribution in [0.1, 0.15) is 11.0 Å². The highest BCUT2D eigenvalue weighted by Gasteiger charge is 2.23. The zero-order valence-electron chi connectivity index (χ0n) is 33.4. The second kappa shape index (κ2) is 10.6. The van der Waals surface area contributed by atoms with E-state index in [4.69, 9.17) is 17.1 Å². The van der Waals surface area contributed by atoms with Gasteiger partial charge < -0.3 is 8.83 Å². The molecule has 0 atom stereocenters. The van der Waals surface area contributed by atoms with E-state index >= 15 is 0 Å². The van der Waals surface area contributed by atoms with Gasteiger partial charge in [-0.15, -0.1) is 0 Å². The topological polar surface area (TPSA) is 26.3 Å². The Hall–Kier alpha value is -6.38. The molecule has 0 saturated carbocycles. The molecule has 0 spiro atoms. The molecular weight excluding hydrogens is 585 g/mol. The van der Waals surface area contributed by atoms with Crippen molar-refractivity contribution in [2.75, 3.05) is 0 Å². The molecule has 224 valence electrons. The second-order valence-corrected chi connectivity index (χ2v) is 11.8. The first-order valence-corrected chi connectivity index (χ1v) is 15.7. The molecule has 2 heterocycles. The average Bonchev–Trinajstić information content (AvgIpc) is 3.82. The fourth-order valence-corrected chi connectivity index (χ4v) is 7.05. The maximum atomic E-state index is 9.23. The van der Waals surface area contributed by atoms with Crippen LogP contribution in [0.25, 0.3) is 99.2 Å². The lowest BCUT2D eigenvalue weighted by Crippen LogP contribution is -1.90. The van der Waals surface area contributed by atoms with Crippen molar-refractivity contribution in [1.82, 2.24) is 0 Å². The van der Waals surface area contributed by atoms with Gasteiger partial charge in [-0.1, -0.05) is 151 Å². The van der Waals surface area contributed by atoms with E-state index in [1.54, 1.807) is 24.3 Å². The third kappa shape index (κ3) is 4.00. The van der Waals surface area contributed by atoms with Gasteiger partial charge >= 0.3 is 0 Å². The smallest absolute Gasteiger partial charge is 0.147 e. The highest BCUT2D eigenvalue weighted by atomic mass is 16.3. The van der Waals surface area contributed by atoms with Gasteiger partial charge in [-0.25, -0.2) is 0 Å². The fourth-order valence-electron chi connectivity index (χ4n) is 7.05. The third-order valence-corrected chi connectivity index (χ3v) is 9.13. The zero-order valence-corrected chi connectivity index (χ0v) is 25.4. The van der Waals surface area contributed by atoms with Crippen LogP contribution in [-0.2, 0) is 0 Å². The maximum Gasteiger partial charge on any atom is 0.147 e. The first kappa shape index (κ1) is 20.0. The number of fused-ring (bicyclic) bond motifs is 7. The molecule has 48 heavy (non-hydrogen) atoms. The van der Waals surface area contributed by atoms with Crippen molar-refractivity contribution >= 4 is 54.5 Å². The highest BCUT2D eigenvalue weighted by molar-refractivity contribution is 6.22. The summed E-state index contributed by atoms with van der Waals surface area (Å²) >= 11 is 0. The van der Waals surface area contributed by atoms with E-state index in [1.807, 2.05) is 97.1 Å². The van der Waals surface area contributed by atoms with E-state index in [0.717, 1.165) is 38.4 Å². The molecule has 0 saturated heterocycles. The van der Waals surface area contributed by atoms with Crippen LogP contribution in [0, 0.1) is 0 Å². The molecule has 0 bridgehead atoms. The van der Waals surface area contributed by atoms with Gasteiger partial charge in [0.25, 0.3) is 0 Å². The molecule has 0 amide bonds. The largest absolute Gasteiger partial charge is 0.455 e. The van der Waals surface area contributed by atoms with E-state index in [1.165, 1.54) is 0 Å². The molecule has 0 radical (unpaired) electrons. The van der Waals surface area contributed by atoms with E-state index in [2.05, 4.69) is 0 Å². The first-order chi connectivity index (χ1) is 27.2. The summed E-state index contributed by atoms with van der Waals surface area (Å²) < 4.78 is 84.7. The van der Waals surface area contributed by atoms with Gasteiger partial charge in [0.05, 0.1) is 16.4 Å². The van der Waals surface area contributed by atoms with Crippen molar-refractivity contribution in [2.24, 2.45) is 0 Å². The van der Waals surface area contributed by atoms with E-state index < -0.39 is 24.2 Å². The number of para-hydroxylation sites is 1. The van der Waals surface area contributed by atoms with Crippen molar-refractivity contribution < 1.29 is 19.8 Å². The minimum Gasteiger partial charge on any atom is -0.455 e. The number of hydrogen-bond donors (Lipinski definition) is 0. The zero-order chi connectivity index (χ0) is 38.6. The third-order valence-electron chi connectivity index (χ3n) is 9.13. The van der Waals surface area contributed by atoms with Crippen molar-refractivity contribution in [3.8, 4) is 44.7 Å². The Morgan fingerprint density at radius 3 is 1.46 bits per heavy atom. The molecule has 10 aromatic rings. The summed E-state index contributed by atoms with van der Waals surface area (Å²) in [6.07, 6.45) is 0. The lowest BCUT2D eigenvalue weighted by Gasteiger charge is -2.17. The number of rotatable bonds is 4. The van der Waals surface area contributed by atoms with Crippen LogP contribution >= 0.6 is 0 Å². The summed E-state index contributed by atoms with van der Waals surface area (Å²) in [6, 6.07) is 35.2. The van der Waals surface area contributed by atoms with Gasteiger partial charge in [-0.2, -0.15) is 0 Å². The summed E-state index contributed by atoms with van der Waals surface area (Å²) in [7, 11) is 0. The van der Waals surface area contributed by atoms with Crippen LogP contribution in [0.5, 0.6) is 0 Å². The van der Waals surface area contributed by atoms with Crippen LogP contribution in [0.15, 0.2) is 179 Å². The Balaban J connectivity index is 1.29. The van der Waals surface area contributed by atoms with Crippen molar-refractivity contribution in [1.29, 1.82) is 0 Å². The van der Waals surface area contributed by atoms with Crippen molar-refractivity contribution in [3.05, 3.63) is 170 Å². The summed E-state index contributed by atoms with van der Waals surface area (Å²) in [5.41, 5.74) is 6.33. The molecule has 0 fully saturated rings. The van der Waals surface area contributed by atoms with E-state index in [-0.39, 0.29) is 51.3 Å². The monoisotopic (exact) mass is 620 g/mol. The molecule has 0 aliphatic heterocycles. The Bertz CT molecular complexity index is 3180. The van der Waals surface area contributed by atoms with Crippen LogP contribution in [-0.4, -0.2) is 0 Å². The minimum atomic E-state index is -0.439. The number of hydrogen-bond acceptors (Lipinski definition) is 2. The Morgan fingerprint density at radius 2 is 0.854 bits per heavy atom. The Kier molecular flexibility index (Phi) is 4.41. The summed E-state index contributed by atoms with van der Waals surface area (Å²) in [5.74, 6) is 0.601. The summed E-state index contributed by atoms with van der Waals surface area (Å²) in [6.45, 7) is 0. The van der Waals surface area contributed by atoms with Gasteiger partial charge in [0, 0.05) is 21.9 Å². The van der Waals surface area contributed by atoms with Gasteiger partial charge in [-0.3, -0.25) is 0 Å². The molecule has 10 rings (SSSR count). The molecule has 0 aliphatic carbocycles. The van der Waals surface area contributed by atoms with Gasteiger partial charge in [0.1, 0.15) is 22.5 Å². The van der Waals surface area contributed by atoms with Crippen LogP contribution in [0.3, 0.4) is 0 Å². The van der Waals surface area contributed by atoms with Crippen molar-refractivity contribution in [2.45, 2.75) is 0 Å². The average molecular weight is 621 g/mol. The molecule has 0 unspecified atom stereocenters. The normalized spacial score (nSPS) is 14.1. The quantitative estimate of drug-likeness (QED) is 0.183. The molecular formula is C46H28O2. The van der Waals surface area contributed by atoms with Gasteiger partial charge in [-0.05, 0) is 67.6 Å². The summed E-state index contributed by atoms with van der Waals surface area (Å²) in [5, 5.41) is 3.50. The first-order valence-electron chi connectivity index (χ1n) is 19.7. The fraction of sp³-hybridized carbons (Fsp3) is 0. The van der Waals surface area contributed by atoms with Gasteiger partial charge in [0.2, 0.25) is 0 Å². The number of benzene rings is 8. The van der Waals surface area contributed by atoms with Gasteiger partial charge in [0.15, 0.2) is 0 Å². The maximum absolute atomic E-state index is 9.23. The van der Waals surface area contributed by atoms with Crippen molar-refractivity contribution in [3.63, 3.8) is 0 Å². The Morgan fingerprint density at radius 1 is 0.354 bits per heavy atom. The summed E-state index contributed by atoms with van der Waals surface area (Å²) in [4.78, 5) is 0. The van der Waals surface area contributed by atoms with Crippen LogP contribution in [0.2, 0.25) is 0 Å². The van der Waals surface area contributed by atoms with E-state index in [9.17, 15) is 2.74 Å². The molecule has 0 N–H and O–H groups in total. The molecule has 2 heteroatoms. The van der Waals surface area contributed by atoms with E-state index in [0.29, 0.717) is 33.6 Å². The van der Waals surface area contributed by atoms with Crippen LogP contribution < -0.4 is 0 Å². The second-order valence-electron chi connectivity index (χ2n) is 11.8. The number of furan rings is 2. The molecule has 0 aliphatic rings. The highest BCUT2D eigenvalue weighted by Crippen LogP contribution is 2.47. The SMILES string of the molecule is [2H]c1c([2H])c([2H])c2c(-c3ccc(-c4oc5ccc6c7ccccc7oc6c5c4-c4ccccc4)cc3)c3c([2H])c([2H])c([2H])c([2H])c3c(-c3ccccc3)c2c1[2H]. The predicted octanol–water partition coefficient (Wildman–Crippen LogP) is 13.3.